The Labute approximate surface area is 118 Å². The Morgan fingerprint density at radius 3 is 2.68 bits per heavy atom. The number of aryl methyl sites for hydroxylation is 1. The third-order valence-electron chi connectivity index (χ3n) is 3.22. The van der Waals surface area contributed by atoms with E-state index in [1.807, 2.05) is 7.05 Å². The highest BCUT2D eigenvalue weighted by Crippen LogP contribution is 2.13. The lowest BCUT2D eigenvalue weighted by atomic mass is 9.95. The van der Waals surface area contributed by atoms with Crippen LogP contribution in [0.2, 0.25) is 0 Å². The molecule has 1 aromatic carbocycles. The van der Waals surface area contributed by atoms with Gasteiger partial charge in [-0.1, -0.05) is 43.7 Å². The quantitative estimate of drug-likeness (QED) is 0.689. The topological polar surface area (TPSA) is 21.3 Å². The predicted octanol–water partition coefficient (Wildman–Crippen LogP) is 3.44. The first kappa shape index (κ1) is 16.2. The highest BCUT2D eigenvalue weighted by molar-refractivity contribution is 5.22. The van der Waals surface area contributed by atoms with Crippen LogP contribution in [0.25, 0.3) is 0 Å². The van der Waals surface area contributed by atoms with Gasteiger partial charge in [-0.2, -0.15) is 0 Å². The normalized spacial score (nSPS) is 12.9. The predicted molar refractivity (Wildman–Crippen MR) is 82.6 cm³/mol. The van der Waals surface area contributed by atoms with Gasteiger partial charge in [0.1, 0.15) is 0 Å². The lowest BCUT2D eigenvalue weighted by Crippen LogP contribution is -2.22. The number of rotatable bonds is 9. The smallest absolute Gasteiger partial charge is 0.0488 e. The molecule has 0 fully saturated rings. The van der Waals surface area contributed by atoms with Crippen molar-refractivity contribution in [1.82, 2.24) is 5.32 Å². The van der Waals surface area contributed by atoms with Crippen LogP contribution in [0, 0.1) is 18.8 Å². The molecule has 0 saturated carbocycles. The Kier molecular flexibility index (Phi) is 7.76. The van der Waals surface area contributed by atoms with Crippen molar-refractivity contribution in [2.45, 2.75) is 33.6 Å². The van der Waals surface area contributed by atoms with Crippen molar-refractivity contribution in [1.29, 1.82) is 0 Å². The third-order valence-corrected chi connectivity index (χ3v) is 3.22. The van der Waals surface area contributed by atoms with Gasteiger partial charge in [0, 0.05) is 13.2 Å². The maximum Gasteiger partial charge on any atom is 0.0488 e. The molecule has 1 rings (SSSR count). The number of nitrogens with one attached hydrogen (secondary N) is 1. The van der Waals surface area contributed by atoms with Crippen LogP contribution in [0.4, 0.5) is 0 Å². The standard InChI is InChI=1S/C17H29NO/c1-14(2)13-19-9-8-17(12-18-4)11-16-7-5-6-15(3)10-16/h5-7,10,14,17-18H,8-9,11-13H2,1-4H3. The zero-order valence-corrected chi connectivity index (χ0v) is 12.9. The van der Waals surface area contributed by atoms with E-state index in [0.29, 0.717) is 11.8 Å². The van der Waals surface area contributed by atoms with Gasteiger partial charge in [-0.3, -0.25) is 0 Å². The average molecular weight is 263 g/mol. The first-order valence-corrected chi connectivity index (χ1v) is 7.39. The molecule has 19 heavy (non-hydrogen) atoms. The van der Waals surface area contributed by atoms with Crippen LogP contribution in [0.3, 0.4) is 0 Å². The molecule has 0 aromatic heterocycles. The van der Waals surface area contributed by atoms with E-state index in [1.165, 1.54) is 11.1 Å². The molecule has 0 heterocycles. The van der Waals surface area contributed by atoms with E-state index in [9.17, 15) is 0 Å². The van der Waals surface area contributed by atoms with Gasteiger partial charge in [-0.05, 0) is 50.8 Å². The van der Waals surface area contributed by atoms with Crippen LogP contribution in [0.15, 0.2) is 24.3 Å². The van der Waals surface area contributed by atoms with Gasteiger partial charge in [0.15, 0.2) is 0 Å². The van der Waals surface area contributed by atoms with Crippen molar-refractivity contribution in [2.75, 3.05) is 26.8 Å². The highest BCUT2D eigenvalue weighted by Gasteiger charge is 2.09. The molecular formula is C17H29NO. The second kappa shape index (κ2) is 9.11. The summed E-state index contributed by atoms with van der Waals surface area (Å²) in [5.74, 6) is 1.28. The number of hydrogen-bond donors (Lipinski definition) is 1. The maximum atomic E-state index is 5.71. The lowest BCUT2D eigenvalue weighted by Gasteiger charge is -2.17. The van der Waals surface area contributed by atoms with Gasteiger partial charge in [-0.25, -0.2) is 0 Å². The summed E-state index contributed by atoms with van der Waals surface area (Å²) >= 11 is 0. The molecule has 108 valence electrons. The molecule has 0 amide bonds. The fourth-order valence-corrected chi connectivity index (χ4v) is 2.31. The van der Waals surface area contributed by atoms with Gasteiger partial charge < -0.3 is 10.1 Å². The monoisotopic (exact) mass is 263 g/mol. The molecule has 0 spiro atoms. The van der Waals surface area contributed by atoms with Crippen LogP contribution in [0.1, 0.15) is 31.4 Å². The molecule has 1 unspecified atom stereocenters. The van der Waals surface area contributed by atoms with Gasteiger partial charge in [0.25, 0.3) is 0 Å². The molecule has 1 aromatic rings. The van der Waals surface area contributed by atoms with Crippen molar-refractivity contribution < 1.29 is 4.74 Å². The van der Waals surface area contributed by atoms with Crippen LogP contribution < -0.4 is 5.32 Å². The Balaban J connectivity index is 2.39. The fourth-order valence-electron chi connectivity index (χ4n) is 2.31. The minimum Gasteiger partial charge on any atom is -0.381 e. The van der Waals surface area contributed by atoms with Crippen molar-refractivity contribution in [2.24, 2.45) is 11.8 Å². The number of ether oxygens (including phenoxy) is 1. The van der Waals surface area contributed by atoms with Gasteiger partial charge in [0.2, 0.25) is 0 Å². The third kappa shape index (κ3) is 7.34. The summed E-state index contributed by atoms with van der Waals surface area (Å²) < 4.78 is 5.71. The van der Waals surface area contributed by atoms with Crippen molar-refractivity contribution in [3.63, 3.8) is 0 Å². The summed E-state index contributed by atoms with van der Waals surface area (Å²) in [5, 5.41) is 3.30. The minimum atomic E-state index is 0.625. The molecule has 0 saturated heterocycles. The Morgan fingerprint density at radius 2 is 2.05 bits per heavy atom. The van der Waals surface area contributed by atoms with E-state index in [0.717, 1.165) is 32.6 Å². The molecule has 0 aliphatic rings. The maximum absolute atomic E-state index is 5.71. The van der Waals surface area contributed by atoms with Gasteiger partial charge in [0.05, 0.1) is 0 Å². The summed E-state index contributed by atoms with van der Waals surface area (Å²) in [4.78, 5) is 0. The summed E-state index contributed by atoms with van der Waals surface area (Å²) in [7, 11) is 2.03. The second-order valence-corrected chi connectivity index (χ2v) is 5.87. The number of benzene rings is 1. The molecule has 2 heteroatoms. The van der Waals surface area contributed by atoms with E-state index in [1.54, 1.807) is 0 Å². The highest BCUT2D eigenvalue weighted by atomic mass is 16.5. The van der Waals surface area contributed by atoms with E-state index in [-0.39, 0.29) is 0 Å². The Bertz CT molecular complexity index is 349. The molecule has 0 aliphatic heterocycles. The van der Waals surface area contributed by atoms with E-state index in [2.05, 4.69) is 50.4 Å². The summed E-state index contributed by atoms with van der Waals surface area (Å²) in [6, 6.07) is 8.82. The van der Waals surface area contributed by atoms with Gasteiger partial charge >= 0.3 is 0 Å². The second-order valence-electron chi connectivity index (χ2n) is 5.87. The molecule has 0 radical (unpaired) electrons. The Morgan fingerprint density at radius 1 is 1.26 bits per heavy atom. The SMILES string of the molecule is CNCC(CCOCC(C)C)Cc1cccc(C)c1. The van der Waals surface area contributed by atoms with Crippen LogP contribution in [-0.4, -0.2) is 26.8 Å². The van der Waals surface area contributed by atoms with E-state index in [4.69, 9.17) is 4.74 Å². The van der Waals surface area contributed by atoms with Crippen molar-refractivity contribution >= 4 is 0 Å². The van der Waals surface area contributed by atoms with Gasteiger partial charge in [-0.15, -0.1) is 0 Å². The van der Waals surface area contributed by atoms with E-state index < -0.39 is 0 Å². The van der Waals surface area contributed by atoms with Crippen molar-refractivity contribution in [3.8, 4) is 0 Å². The largest absolute Gasteiger partial charge is 0.381 e. The molecule has 1 atom stereocenters. The first-order valence-electron chi connectivity index (χ1n) is 7.39. The average Bonchev–Trinajstić information content (AvgIpc) is 2.34. The molecule has 1 N–H and O–H groups in total. The van der Waals surface area contributed by atoms with Crippen molar-refractivity contribution in [3.05, 3.63) is 35.4 Å². The molecule has 0 aliphatic carbocycles. The fraction of sp³-hybridized carbons (Fsp3) is 0.647. The van der Waals surface area contributed by atoms with Crippen LogP contribution in [-0.2, 0) is 11.2 Å². The summed E-state index contributed by atoms with van der Waals surface area (Å²) in [6.45, 7) is 9.34. The number of hydrogen-bond acceptors (Lipinski definition) is 2. The first-order chi connectivity index (χ1) is 9.11. The molecular weight excluding hydrogens is 234 g/mol. The lowest BCUT2D eigenvalue weighted by molar-refractivity contribution is 0.0978. The van der Waals surface area contributed by atoms with E-state index >= 15 is 0 Å². The molecule has 2 nitrogen and oxygen atoms in total. The summed E-state index contributed by atoms with van der Waals surface area (Å²) in [6.07, 6.45) is 2.26. The zero-order chi connectivity index (χ0) is 14.1. The zero-order valence-electron chi connectivity index (χ0n) is 12.9. The van der Waals surface area contributed by atoms with Crippen LogP contribution >= 0.6 is 0 Å². The summed E-state index contributed by atoms with van der Waals surface area (Å²) in [5.41, 5.74) is 2.78. The molecule has 0 bridgehead atoms. The minimum absolute atomic E-state index is 0.625. The Hall–Kier alpha value is -0.860. The van der Waals surface area contributed by atoms with Crippen LogP contribution in [0.5, 0.6) is 0 Å².